The first kappa shape index (κ1) is 17.0. The summed E-state index contributed by atoms with van der Waals surface area (Å²) in [4.78, 5) is 9.63. The van der Waals surface area contributed by atoms with E-state index in [2.05, 4.69) is 39.8 Å². The first-order valence-electron chi connectivity index (χ1n) is 9.15. The minimum atomic E-state index is 0.248. The Kier molecular flexibility index (Phi) is 5.22. The third kappa shape index (κ3) is 3.33. The van der Waals surface area contributed by atoms with Gasteiger partial charge in [-0.05, 0) is 24.0 Å². The Balaban J connectivity index is 1.87. The van der Waals surface area contributed by atoms with Gasteiger partial charge in [0.05, 0.1) is 12.1 Å². The zero-order valence-electron chi connectivity index (χ0n) is 15.2. The lowest BCUT2D eigenvalue weighted by atomic mass is 10.0. The normalized spacial score (nSPS) is 25.5. The minimum absolute atomic E-state index is 0.248. The van der Waals surface area contributed by atoms with Crippen LogP contribution in [0.15, 0.2) is 34.3 Å². The summed E-state index contributed by atoms with van der Waals surface area (Å²) in [5.74, 6) is 2.53. The molecule has 0 spiro atoms. The van der Waals surface area contributed by atoms with Crippen LogP contribution >= 0.6 is 0 Å². The molecule has 4 nitrogen and oxygen atoms in total. The summed E-state index contributed by atoms with van der Waals surface area (Å²) in [5, 5.41) is 0. The second kappa shape index (κ2) is 7.37. The molecular formula is C20H28N2O2. The maximum absolute atomic E-state index is 5.91. The van der Waals surface area contributed by atoms with Gasteiger partial charge < -0.3 is 9.47 Å². The largest absolute Gasteiger partial charge is 0.475 e. The molecule has 2 aliphatic rings. The van der Waals surface area contributed by atoms with Crippen molar-refractivity contribution in [1.29, 1.82) is 0 Å². The van der Waals surface area contributed by atoms with Crippen molar-refractivity contribution >= 4 is 11.8 Å². The van der Waals surface area contributed by atoms with Gasteiger partial charge in [-0.15, -0.1) is 0 Å². The van der Waals surface area contributed by atoms with Gasteiger partial charge in [-0.3, -0.25) is 0 Å². The number of nitrogens with zero attached hydrogens (tertiary/aromatic N) is 2. The molecule has 2 heterocycles. The van der Waals surface area contributed by atoms with E-state index in [1.165, 1.54) is 0 Å². The van der Waals surface area contributed by atoms with E-state index in [4.69, 9.17) is 19.5 Å². The van der Waals surface area contributed by atoms with Gasteiger partial charge in [0.2, 0.25) is 11.8 Å². The third-order valence-electron chi connectivity index (χ3n) is 5.34. The van der Waals surface area contributed by atoms with Gasteiger partial charge in [-0.25, -0.2) is 9.98 Å². The summed E-state index contributed by atoms with van der Waals surface area (Å²) in [6.45, 7) is 10.2. The van der Waals surface area contributed by atoms with Gasteiger partial charge in [-0.2, -0.15) is 0 Å². The Labute approximate surface area is 145 Å². The van der Waals surface area contributed by atoms with Crippen molar-refractivity contribution in [3.8, 4) is 0 Å². The van der Waals surface area contributed by atoms with E-state index in [9.17, 15) is 0 Å². The SMILES string of the molecule is CCC(C)[C@H]1COC(c2ccccc2C2=N[C@@H](C(C)CC)CO2)=N1. The van der Waals surface area contributed by atoms with Crippen molar-refractivity contribution in [2.45, 2.75) is 52.6 Å². The molecule has 0 radical (unpaired) electrons. The highest BCUT2D eigenvalue weighted by Gasteiger charge is 2.29. The van der Waals surface area contributed by atoms with E-state index < -0.39 is 0 Å². The number of benzene rings is 1. The molecule has 4 heteroatoms. The van der Waals surface area contributed by atoms with Gasteiger partial charge >= 0.3 is 0 Å². The number of ether oxygens (including phenoxy) is 2. The average molecular weight is 328 g/mol. The van der Waals surface area contributed by atoms with Crippen molar-refractivity contribution < 1.29 is 9.47 Å². The molecule has 0 bridgehead atoms. The van der Waals surface area contributed by atoms with Gasteiger partial charge in [0.1, 0.15) is 13.2 Å². The molecule has 0 saturated carbocycles. The van der Waals surface area contributed by atoms with Crippen molar-refractivity contribution in [3.63, 3.8) is 0 Å². The zero-order valence-corrected chi connectivity index (χ0v) is 15.2. The molecule has 4 atom stereocenters. The van der Waals surface area contributed by atoms with Crippen molar-refractivity contribution in [1.82, 2.24) is 0 Å². The number of aliphatic imine (C=N–C) groups is 2. The Hall–Kier alpha value is -1.84. The summed E-state index contributed by atoms with van der Waals surface area (Å²) < 4.78 is 11.8. The van der Waals surface area contributed by atoms with Crippen LogP contribution in [0.4, 0.5) is 0 Å². The topological polar surface area (TPSA) is 43.2 Å². The molecule has 130 valence electrons. The zero-order chi connectivity index (χ0) is 17.1. The molecule has 0 fully saturated rings. The summed E-state index contributed by atoms with van der Waals surface area (Å²) in [7, 11) is 0. The molecule has 3 rings (SSSR count). The van der Waals surface area contributed by atoms with E-state index in [0.29, 0.717) is 25.0 Å². The Morgan fingerprint density at radius 2 is 1.29 bits per heavy atom. The summed E-state index contributed by atoms with van der Waals surface area (Å²) in [6, 6.07) is 8.63. The first-order chi connectivity index (χ1) is 11.6. The fourth-order valence-electron chi connectivity index (χ4n) is 3.06. The van der Waals surface area contributed by atoms with Crippen LogP contribution in [-0.2, 0) is 9.47 Å². The molecule has 0 saturated heterocycles. The van der Waals surface area contributed by atoms with Crippen LogP contribution in [-0.4, -0.2) is 37.1 Å². The molecule has 0 aliphatic carbocycles. The molecular weight excluding hydrogens is 300 g/mol. The highest BCUT2D eigenvalue weighted by Crippen LogP contribution is 2.25. The highest BCUT2D eigenvalue weighted by molar-refractivity contribution is 6.08. The third-order valence-corrected chi connectivity index (χ3v) is 5.34. The summed E-state index contributed by atoms with van der Waals surface area (Å²) in [6.07, 6.45) is 2.22. The van der Waals surface area contributed by atoms with Crippen LogP contribution < -0.4 is 0 Å². The Morgan fingerprint density at radius 1 is 0.875 bits per heavy atom. The van der Waals surface area contributed by atoms with Crippen LogP contribution in [0.25, 0.3) is 0 Å². The number of hydrogen-bond acceptors (Lipinski definition) is 4. The predicted molar refractivity (Wildman–Crippen MR) is 97.9 cm³/mol. The van der Waals surface area contributed by atoms with E-state index in [-0.39, 0.29) is 12.1 Å². The average Bonchev–Trinajstić information content (AvgIpc) is 3.30. The van der Waals surface area contributed by atoms with Crippen molar-refractivity contribution in [2.24, 2.45) is 21.8 Å². The molecule has 0 N–H and O–H groups in total. The minimum Gasteiger partial charge on any atom is -0.475 e. The van der Waals surface area contributed by atoms with Crippen LogP contribution in [0.2, 0.25) is 0 Å². The molecule has 1 aromatic rings. The number of hydrogen-bond donors (Lipinski definition) is 0. The second-order valence-electron chi connectivity index (χ2n) is 6.94. The highest BCUT2D eigenvalue weighted by atomic mass is 16.5. The quantitative estimate of drug-likeness (QED) is 0.790. The molecule has 2 unspecified atom stereocenters. The van der Waals surface area contributed by atoms with E-state index >= 15 is 0 Å². The number of rotatable bonds is 6. The van der Waals surface area contributed by atoms with E-state index in [0.717, 1.165) is 35.8 Å². The Morgan fingerprint density at radius 3 is 1.67 bits per heavy atom. The second-order valence-corrected chi connectivity index (χ2v) is 6.94. The lowest BCUT2D eigenvalue weighted by Gasteiger charge is -2.11. The standard InChI is InChI=1S/C20H28N2O2/c1-5-13(3)17-11-23-19(21-17)15-9-7-8-10-16(15)20-22-18(12-24-20)14(4)6-2/h7-10,13-14,17-18H,5-6,11-12H2,1-4H3/t13?,14?,17-,18-/m1/s1. The maximum atomic E-state index is 5.91. The lowest BCUT2D eigenvalue weighted by Crippen LogP contribution is -2.16. The summed E-state index contributed by atoms with van der Waals surface area (Å²) in [5.41, 5.74) is 1.98. The molecule has 1 aromatic carbocycles. The fourth-order valence-corrected chi connectivity index (χ4v) is 3.06. The maximum Gasteiger partial charge on any atom is 0.217 e. The molecule has 24 heavy (non-hydrogen) atoms. The van der Waals surface area contributed by atoms with Crippen LogP contribution in [0.1, 0.15) is 51.7 Å². The summed E-state index contributed by atoms with van der Waals surface area (Å²) >= 11 is 0. The Bertz CT molecular complexity index is 583. The van der Waals surface area contributed by atoms with Gasteiger partial charge in [0.25, 0.3) is 0 Å². The first-order valence-corrected chi connectivity index (χ1v) is 9.15. The van der Waals surface area contributed by atoms with Crippen LogP contribution in [0, 0.1) is 11.8 Å². The predicted octanol–water partition coefficient (Wildman–Crippen LogP) is 4.07. The fraction of sp³-hybridized carbons (Fsp3) is 0.600. The smallest absolute Gasteiger partial charge is 0.217 e. The van der Waals surface area contributed by atoms with Crippen LogP contribution in [0.3, 0.4) is 0 Å². The van der Waals surface area contributed by atoms with Crippen molar-refractivity contribution in [3.05, 3.63) is 35.4 Å². The molecule has 0 amide bonds. The van der Waals surface area contributed by atoms with Gasteiger partial charge in [-0.1, -0.05) is 52.7 Å². The molecule has 2 aliphatic heterocycles. The van der Waals surface area contributed by atoms with Gasteiger partial charge in [0.15, 0.2) is 0 Å². The van der Waals surface area contributed by atoms with E-state index in [1.807, 2.05) is 12.1 Å². The van der Waals surface area contributed by atoms with Crippen molar-refractivity contribution in [2.75, 3.05) is 13.2 Å². The van der Waals surface area contributed by atoms with E-state index in [1.54, 1.807) is 0 Å². The van der Waals surface area contributed by atoms with Gasteiger partial charge in [0, 0.05) is 11.1 Å². The monoisotopic (exact) mass is 328 g/mol. The van der Waals surface area contributed by atoms with Crippen LogP contribution in [0.5, 0.6) is 0 Å². The lowest BCUT2D eigenvalue weighted by molar-refractivity contribution is 0.280. The molecule has 0 aromatic heterocycles.